The molecule has 1 saturated carbocycles. The zero-order valence-electron chi connectivity index (χ0n) is 13.0. The first-order valence-corrected chi connectivity index (χ1v) is 8.30. The maximum atomic E-state index is 4.46. The molecule has 0 spiro atoms. The van der Waals surface area contributed by atoms with Crippen LogP contribution in [0.5, 0.6) is 0 Å². The van der Waals surface area contributed by atoms with Crippen LogP contribution in [0.2, 0.25) is 0 Å². The Morgan fingerprint density at radius 2 is 2.20 bits per heavy atom. The lowest BCUT2D eigenvalue weighted by Crippen LogP contribution is -2.44. The summed E-state index contributed by atoms with van der Waals surface area (Å²) in [5, 5.41) is 8.10. The second kappa shape index (κ2) is 7.07. The number of rotatable bonds is 3. The molecule has 1 fully saturated rings. The van der Waals surface area contributed by atoms with Crippen LogP contribution >= 0.6 is 11.3 Å². The van der Waals surface area contributed by atoms with E-state index in [0.717, 1.165) is 29.1 Å². The van der Waals surface area contributed by atoms with E-state index in [1.807, 2.05) is 7.05 Å². The van der Waals surface area contributed by atoms with Crippen molar-refractivity contribution in [3.05, 3.63) is 15.6 Å². The van der Waals surface area contributed by atoms with E-state index < -0.39 is 0 Å². The first kappa shape index (κ1) is 15.3. The van der Waals surface area contributed by atoms with E-state index in [4.69, 9.17) is 0 Å². The van der Waals surface area contributed by atoms with Gasteiger partial charge in [-0.1, -0.05) is 19.8 Å². The summed E-state index contributed by atoms with van der Waals surface area (Å²) in [5.41, 5.74) is 1.13. The minimum absolute atomic E-state index is 0.564. The van der Waals surface area contributed by atoms with Crippen molar-refractivity contribution in [3.63, 3.8) is 0 Å². The third-order valence-corrected chi connectivity index (χ3v) is 4.99. The number of aryl methyl sites for hydroxylation is 2. The molecule has 20 heavy (non-hydrogen) atoms. The largest absolute Gasteiger partial charge is 0.354 e. The van der Waals surface area contributed by atoms with Crippen molar-refractivity contribution in [3.8, 4) is 0 Å². The number of nitrogens with one attached hydrogen (secondary N) is 2. The molecule has 1 aromatic heterocycles. The number of guanidine groups is 1. The number of thiazole rings is 1. The lowest BCUT2D eigenvalue weighted by Gasteiger charge is -2.28. The number of hydrogen-bond acceptors (Lipinski definition) is 3. The molecule has 2 unspecified atom stereocenters. The summed E-state index contributed by atoms with van der Waals surface area (Å²) < 4.78 is 0. The molecular weight excluding hydrogens is 268 g/mol. The highest BCUT2D eigenvalue weighted by Gasteiger charge is 2.19. The van der Waals surface area contributed by atoms with Crippen LogP contribution in [0.25, 0.3) is 0 Å². The fraction of sp³-hybridized carbons (Fsp3) is 0.733. The van der Waals surface area contributed by atoms with Gasteiger partial charge in [0.2, 0.25) is 0 Å². The zero-order chi connectivity index (χ0) is 14.5. The lowest BCUT2D eigenvalue weighted by atomic mass is 9.87. The van der Waals surface area contributed by atoms with E-state index >= 15 is 0 Å². The van der Waals surface area contributed by atoms with Gasteiger partial charge in [-0.25, -0.2) is 4.98 Å². The van der Waals surface area contributed by atoms with E-state index in [0.29, 0.717) is 6.04 Å². The monoisotopic (exact) mass is 294 g/mol. The van der Waals surface area contributed by atoms with Gasteiger partial charge in [-0.05, 0) is 32.6 Å². The van der Waals surface area contributed by atoms with E-state index in [2.05, 4.69) is 41.4 Å². The van der Waals surface area contributed by atoms with Crippen LogP contribution in [0.3, 0.4) is 0 Å². The van der Waals surface area contributed by atoms with Gasteiger partial charge in [0.05, 0.1) is 17.2 Å². The van der Waals surface area contributed by atoms with Gasteiger partial charge < -0.3 is 10.6 Å². The molecule has 4 nitrogen and oxygen atoms in total. The van der Waals surface area contributed by atoms with Crippen molar-refractivity contribution in [2.24, 2.45) is 10.9 Å². The number of hydrogen-bond donors (Lipinski definition) is 2. The highest BCUT2D eigenvalue weighted by Crippen LogP contribution is 2.23. The molecule has 1 aliphatic carbocycles. The molecule has 2 atom stereocenters. The predicted molar refractivity (Wildman–Crippen MR) is 86.3 cm³/mol. The molecule has 0 saturated heterocycles. The van der Waals surface area contributed by atoms with E-state index in [9.17, 15) is 0 Å². The van der Waals surface area contributed by atoms with Gasteiger partial charge in [0.1, 0.15) is 0 Å². The van der Waals surface area contributed by atoms with Crippen LogP contribution in [0, 0.1) is 19.8 Å². The van der Waals surface area contributed by atoms with Gasteiger partial charge in [0.15, 0.2) is 5.96 Å². The van der Waals surface area contributed by atoms with Gasteiger partial charge >= 0.3 is 0 Å². The van der Waals surface area contributed by atoms with Crippen LogP contribution in [0.4, 0.5) is 0 Å². The Morgan fingerprint density at radius 3 is 2.80 bits per heavy atom. The fourth-order valence-corrected chi connectivity index (χ4v) is 3.73. The maximum absolute atomic E-state index is 4.46. The van der Waals surface area contributed by atoms with Crippen molar-refractivity contribution in [2.45, 2.75) is 59.0 Å². The molecule has 112 valence electrons. The fourth-order valence-electron chi connectivity index (χ4n) is 2.85. The summed E-state index contributed by atoms with van der Waals surface area (Å²) in [5.74, 6) is 1.74. The van der Waals surface area contributed by atoms with Gasteiger partial charge in [-0.2, -0.15) is 0 Å². The molecule has 0 bridgehead atoms. The Labute approximate surface area is 126 Å². The third kappa shape index (κ3) is 4.20. The van der Waals surface area contributed by atoms with Crippen LogP contribution < -0.4 is 10.6 Å². The molecule has 0 aromatic carbocycles. The summed E-state index contributed by atoms with van der Waals surface area (Å²) >= 11 is 1.76. The minimum atomic E-state index is 0.564. The molecule has 0 aliphatic heterocycles. The average Bonchev–Trinajstić information content (AvgIpc) is 2.73. The summed E-state index contributed by atoms with van der Waals surface area (Å²) in [6.45, 7) is 7.27. The van der Waals surface area contributed by atoms with Crippen molar-refractivity contribution < 1.29 is 0 Å². The molecule has 2 N–H and O–H groups in total. The Balaban J connectivity index is 1.85. The Kier molecular flexibility index (Phi) is 5.40. The maximum Gasteiger partial charge on any atom is 0.191 e. The summed E-state index contributed by atoms with van der Waals surface area (Å²) in [6, 6.07) is 0.564. The summed E-state index contributed by atoms with van der Waals surface area (Å²) in [4.78, 5) is 10.1. The highest BCUT2D eigenvalue weighted by molar-refractivity contribution is 7.11. The number of aliphatic imine (C=N–C) groups is 1. The number of aromatic nitrogens is 1. The van der Waals surface area contributed by atoms with E-state index in [1.165, 1.54) is 30.6 Å². The summed E-state index contributed by atoms with van der Waals surface area (Å²) in [6.07, 6.45) is 5.19. The van der Waals surface area contributed by atoms with Crippen LogP contribution in [0.1, 0.15) is 48.2 Å². The van der Waals surface area contributed by atoms with Gasteiger partial charge in [0, 0.05) is 18.0 Å². The van der Waals surface area contributed by atoms with E-state index in [-0.39, 0.29) is 0 Å². The quantitative estimate of drug-likeness (QED) is 0.665. The van der Waals surface area contributed by atoms with Crippen molar-refractivity contribution in [2.75, 3.05) is 7.05 Å². The molecule has 1 aromatic rings. The zero-order valence-corrected chi connectivity index (χ0v) is 13.8. The molecular formula is C15H26N4S. The van der Waals surface area contributed by atoms with Crippen LogP contribution in [-0.2, 0) is 6.54 Å². The topological polar surface area (TPSA) is 49.3 Å². The second-order valence-corrected chi connectivity index (χ2v) is 7.07. The van der Waals surface area contributed by atoms with Crippen LogP contribution in [0.15, 0.2) is 4.99 Å². The molecule has 5 heteroatoms. The van der Waals surface area contributed by atoms with Gasteiger partial charge in [-0.15, -0.1) is 11.3 Å². The molecule has 1 heterocycles. The SMILES string of the molecule is CN=C(NCc1sc(C)nc1C)NC1CCCC(C)C1. The Morgan fingerprint density at radius 1 is 1.40 bits per heavy atom. The standard InChI is InChI=1S/C15H26N4S/c1-10-6-5-7-13(8-10)19-15(16-4)17-9-14-11(2)18-12(3)20-14/h10,13H,5-9H2,1-4H3,(H2,16,17,19). The Bertz CT molecular complexity index is 466. The second-order valence-electron chi connectivity index (χ2n) is 5.78. The van der Waals surface area contributed by atoms with E-state index in [1.54, 1.807) is 11.3 Å². The highest BCUT2D eigenvalue weighted by atomic mass is 32.1. The van der Waals surface area contributed by atoms with Crippen molar-refractivity contribution in [1.29, 1.82) is 0 Å². The minimum Gasteiger partial charge on any atom is -0.354 e. The van der Waals surface area contributed by atoms with Crippen LogP contribution in [-0.4, -0.2) is 24.0 Å². The van der Waals surface area contributed by atoms with Gasteiger partial charge in [-0.3, -0.25) is 4.99 Å². The summed E-state index contributed by atoms with van der Waals surface area (Å²) in [7, 11) is 1.84. The first-order chi connectivity index (χ1) is 9.58. The predicted octanol–water partition coefficient (Wildman–Crippen LogP) is 3.00. The van der Waals surface area contributed by atoms with Crippen molar-refractivity contribution >= 4 is 17.3 Å². The third-order valence-electron chi connectivity index (χ3n) is 3.92. The smallest absolute Gasteiger partial charge is 0.191 e. The first-order valence-electron chi connectivity index (χ1n) is 7.48. The molecule has 1 aliphatic rings. The molecule has 2 rings (SSSR count). The molecule has 0 radical (unpaired) electrons. The average molecular weight is 294 g/mol. The van der Waals surface area contributed by atoms with Gasteiger partial charge in [0.25, 0.3) is 0 Å². The normalized spacial score (nSPS) is 23.7. The lowest BCUT2D eigenvalue weighted by molar-refractivity contribution is 0.324. The Hall–Kier alpha value is -1.10. The molecule has 0 amide bonds. The van der Waals surface area contributed by atoms with Crippen molar-refractivity contribution in [1.82, 2.24) is 15.6 Å². The number of nitrogens with zero attached hydrogens (tertiary/aromatic N) is 2.